The number of ketones is 1. The summed E-state index contributed by atoms with van der Waals surface area (Å²) in [6, 6.07) is 0. The molecule has 0 aromatic rings. The molecule has 2 heteroatoms. The van der Waals surface area contributed by atoms with Gasteiger partial charge in [-0.3, -0.25) is 4.79 Å². The predicted molar refractivity (Wildman–Crippen MR) is 58.9 cm³/mol. The Balaban J connectivity index is 2.59. The highest BCUT2D eigenvalue weighted by Crippen LogP contribution is 2.40. The third-order valence-corrected chi connectivity index (χ3v) is 3.39. The van der Waals surface area contributed by atoms with E-state index in [1.807, 2.05) is 17.8 Å². The first kappa shape index (κ1) is 10.8. The molecule has 0 saturated heterocycles. The van der Waals surface area contributed by atoms with E-state index in [4.69, 9.17) is 0 Å². The maximum atomic E-state index is 11.4. The number of hydrogen-bond donors (Lipinski definition) is 0. The summed E-state index contributed by atoms with van der Waals surface area (Å²) < 4.78 is 0.120. The maximum absolute atomic E-state index is 11.4. The molecule has 1 nitrogen and oxygen atoms in total. The van der Waals surface area contributed by atoms with E-state index in [2.05, 4.69) is 20.8 Å². The SMILES string of the molecule is CCCCC1=CC(=O)CC(C)(C)S1. The fourth-order valence-electron chi connectivity index (χ4n) is 1.54. The number of thioether (sulfide) groups is 1. The van der Waals surface area contributed by atoms with E-state index >= 15 is 0 Å². The van der Waals surface area contributed by atoms with Crippen LogP contribution in [0.5, 0.6) is 0 Å². The number of carbonyl (C=O) groups is 1. The monoisotopic (exact) mass is 198 g/mol. The van der Waals surface area contributed by atoms with Crippen LogP contribution in [0.2, 0.25) is 0 Å². The molecule has 0 saturated carbocycles. The van der Waals surface area contributed by atoms with E-state index in [-0.39, 0.29) is 4.75 Å². The van der Waals surface area contributed by atoms with Crippen LogP contribution in [0.1, 0.15) is 46.5 Å². The first-order chi connectivity index (χ1) is 6.03. The van der Waals surface area contributed by atoms with Crippen LogP contribution in [0.4, 0.5) is 0 Å². The number of hydrogen-bond acceptors (Lipinski definition) is 2. The van der Waals surface area contributed by atoms with Crippen molar-refractivity contribution in [3.63, 3.8) is 0 Å². The second-order valence-corrected chi connectivity index (χ2v) is 6.05. The van der Waals surface area contributed by atoms with Gasteiger partial charge in [-0.15, -0.1) is 11.8 Å². The average molecular weight is 198 g/mol. The van der Waals surface area contributed by atoms with Crippen LogP contribution in [-0.2, 0) is 4.79 Å². The molecule has 0 bridgehead atoms. The minimum absolute atomic E-state index is 0.120. The Bertz CT molecular complexity index is 228. The summed E-state index contributed by atoms with van der Waals surface area (Å²) in [5.74, 6) is 0.301. The molecule has 1 aliphatic rings. The van der Waals surface area contributed by atoms with Crippen molar-refractivity contribution in [1.29, 1.82) is 0 Å². The molecule has 0 N–H and O–H groups in total. The molecule has 1 aliphatic heterocycles. The summed E-state index contributed by atoms with van der Waals surface area (Å²) in [7, 11) is 0. The van der Waals surface area contributed by atoms with Crippen molar-refractivity contribution in [2.24, 2.45) is 0 Å². The quantitative estimate of drug-likeness (QED) is 0.690. The molecule has 0 unspecified atom stereocenters. The van der Waals surface area contributed by atoms with E-state index in [0.29, 0.717) is 12.2 Å². The summed E-state index contributed by atoms with van der Waals surface area (Å²) in [5, 5.41) is 0. The number of allylic oxidation sites excluding steroid dienone is 2. The molecule has 0 amide bonds. The fourth-order valence-corrected chi connectivity index (χ4v) is 2.91. The van der Waals surface area contributed by atoms with Gasteiger partial charge < -0.3 is 0 Å². The van der Waals surface area contributed by atoms with Gasteiger partial charge in [-0.05, 0) is 37.7 Å². The van der Waals surface area contributed by atoms with Gasteiger partial charge in [-0.25, -0.2) is 0 Å². The molecule has 0 radical (unpaired) electrons. The molecule has 0 fully saturated rings. The molecule has 0 aliphatic carbocycles. The predicted octanol–water partition coefficient (Wildman–Crippen LogP) is 3.55. The first-order valence-electron chi connectivity index (χ1n) is 4.96. The number of carbonyl (C=O) groups excluding carboxylic acids is 1. The zero-order valence-electron chi connectivity index (χ0n) is 8.72. The van der Waals surface area contributed by atoms with E-state index in [9.17, 15) is 4.79 Å². The van der Waals surface area contributed by atoms with Gasteiger partial charge in [-0.1, -0.05) is 13.3 Å². The van der Waals surface area contributed by atoms with E-state index < -0.39 is 0 Å². The molecule has 74 valence electrons. The molecule has 0 spiro atoms. The maximum Gasteiger partial charge on any atom is 0.157 e. The minimum Gasteiger partial charge on any atom is -0.295 e. The Morgan fingerprint density at radius 3 is 2.77 bits per heavy atom. The van der Waals surface area contributed by atoms with Gasteiger partial charge in [0.25, 0.3) is 0 Å². The Morgan fingerprint density at radius 1 is 1.54 bits per heavy atom. The van der Waals surface area contributed by atoms with Crippen LogP contribution in [-0.4, -0.2) is 10.5 Å². The lowest BCUT2D eigenvalue weighted by atomic mass is 10.0. The smallest absolute Gasteiger partial charge is 0.157 e. The second kappa shape index (κ2) is 4.32. The normalized spacial score (nSPS) is 21.5. The molecular weight excluding hydrogens is 180 g/mol. The molecule has 0 aromatic heterocycles. The third kappa shape index (κ3) is 3.55. The molecular formula is C11H18OS. The standard InChI is InChI=1S/C11H18OS/c1-4-5-6-10-7-9(12)8-11(2,3)13-10/h7H,4-6,8H2,1-3H3. The van der Waals surface area contributed by atoms with Crippen molar-refractivity contribution in [1.82, 2.24) is 0 Å². The lowest BCUT2D eigenvalue weighted by molar-refractivity contribution is -0.115. The largest absolute Gasteiger partial charge is 0.295 e. The van der Waals surface area contributed by atoms with Gasteiger partial charge in [0.1, 0.15) is 0 Å². The van der Waals surface area contributed by atoms with Crippen molar-refractivity contribution < 1.29 is 4.79 Å². The van der Waals surface area contributed by atoms with Gasteiger partial charge in [-0.2, -0.15) is 0 Å². The topological polar surface area (TPSA) is 17.1 Å². The van der Waals surface area contributed by atoms with Gasteiger partial charge in [0, 0.05) is 11.2 Å². The Labute approximate surface area is 85.0 Å². The van der Waals surface area contributed by atoms with Crippen molar-refractivity contribution in [2.75, 3.05) is 0 Å². The summed E-state index contributed by atoms with van der Waals surface area (Å²) in [5.41, 5.74) is 0. The van der Waals surface area contributed by atoms with Crippen molar-refractivity contribution >= 4 is 17.5 Å². The number of rotatable bonds is 3. The van der Waals surface area contributed by atoms with Crippen molar-refractivity contribution in [3.8, 4) is 0 Å². The van der Waals surface area contributed by atoms with Crippen LogP contribution >= 0.6 is 11.8 Å². The highest BCUT2D eigenvalue weighted by molar-refractivity contribution is 8.04. The Kier molecular flexibility index (Phi) is 3.60. The first-order valence-corrected chi connectivity index (χ1v) is 5.77. The van der Waals surface area contributed by atoms with Crippen LogP contribution in [0.3, 0.4) is 0 Å². The second-order valence-electron chi connectivity index (χ2n) is 4.22. The minimum atomic E-state index is 0.120. The zero-order valence-corrected chi connectivity index (χ0v) is 9.54. The number of unbranched alkanes of at least 4 members (excludes halogenated alkanes) is 1. The van der Waals surface area contributed by atoms with E-state index in [1.165, 1.54) is 17.7 Å². The molecule has 0 aromatic carbocycles. The van der Waals surface area contributed by atoms with Crippen molar-refractivity contribution in [3.05, 3.63) is 11.0 Å². The summed E-state index contributed by atoms with van der Waals surface area (Å²) >= 11 is 1.87. The highest BCUT2D eigenvalue weighted by Gasteiger charge is 2.27. The third-order valence-electron chi connectivity index (χ3n) is 2.11. The molecule has 13 heavy (non-hydrogen) atoms. The van der Waals surface area contributed by atoms with Gasteiger partial charge >= 0.3 is 0 Å². The fraction of sp³-hybridized carbons (Fsp3) is 0.727. The summed E-state index contributed by atoms with van der Waals surface area (Å²) in [4.78, 5) is 12.6. The van der Waals surface area contributed by atoms with Crippen LogP contribution in [0.25, 0.3) is 0 Å². The summed E-state index contributed by atoms with van der Waals surface area (Å²) in [6.45, 7) is 6.48. The van der Waals surface area contributed by atoms with Gasteiger partial charge in [0.2, 0.25) is 0 Å². The van der Waals surface area contributed by atoms with Crippen LogP contribution < -0.4 is 0 Å². The lowest BCUT2D eigenvalue weighted by Crippen LogP contribution is -2.23. The van der Waals surface area contributed by atoms with Crippen LogP contribution in [0.15, 0.2) is 11.0 Å². The molecule has 1 heterocycles. The highest BCUT2D eigenvalue weighted by atomic mass is 32.2. The average Bonchev–Trinajstić information content (AvgIpc) is 1.97. The lowest BCUT2D eigenvalue weighted by Gasteiger charge is -2.28. The van der Waals surface area contributed by atoms with Crippen molar-refractivity contribution in [2.45, 2.75) is 51.2 Å². The molecule has 0 atom stereocenters. The summed E-state index contributed by atoms with van der Waals surface area (Å²) in [6.07, 6.45) is 6.00. The van der Waals surface area contributed by atoms with Crippen LogP contribution in [0, 0.1) is 0 Å². The molecule has 1 rings (SSSR count). The van der Waals surface area contributed by atoms with Gasteiger partial charge in [0.05, 0.1) is 0 Å². The van der Waals surface area contributed by atoms with E-state index in [1.54, 1.807) is 0 Å². The Hall–Kier alpha value is -0.240. The van der Waals surface area contributed by atoms with E-state index in [0.717, 1.165) is 6.42 Å². The Morgan fingerprint density at radius 2 is 2.23 bits per heavy atom. The zero-order chi connectivity index (χ0) is 9.90. The van der Waals surface area contributed by atoms with Gasteiger partial charge in [0.15, 0.2) is 5.78 Å².